The first-order valence-electron chi connectivity index (χ1n) is 18.3. The predicted molar refractivity (Wildman–Crippen MR) is 207 cm³/mol. The average Bonchev–Trinajstić information content (AvgIpc) is 3.84. The third-order valence-corrected chi connectivity index (χ3v) is 43.3. The van der Waals surface area contributed by atoms with Gasteiger partial charge in [0.1, 0.15) is 0 Å². The number of benzene rings is 6. The molecule has 0 heterocycles. The number of rotatable bonds is 10. The van der Waals surface area contributed by atoms with Crippen LogP contribution < -0.4 is 5.63 Å². The number of alkyl halides is 6. The van der Waals surface area contributed by atoms with Gasteiger partial charge in [-0.3, -0.25) is 0 Å². The Balaban J connectivity index is 1.56. The molecule has 0 aromatic heterocycles. The first-order valence-corrected chi connectivity index (χ1v) is 28.7. The fourth-order valence-electron chi connectivity index (χ4n) is 8.51. The van der Waals surface area contributed by atoms with Crippen molar-refractivity contribution in [2.45, 2.75) is 31.7 Å². The molecule has 0 amide bonds. The number of halogens is 6. The fraction of sp³-hybridized carbons (Fsp3) is 0.130. The molecule has 6 aromatic rings. The topological polar surface area (TPSA) is 18.5 Å². The summed E-state index contributed by atoms with van der Waals surface area (Å²) in [6.07, 6.45) is -0.811. The minimum absolute atomic E-state index is 0.217. The van der Waals surface area contributed by atoms with Crippen molar-refractivity contribution in [3.63, 3.8) is 0 Å². The van der Waals surface area contributed by atoms with Gasteiger partial charge in [0.05, 0.1) is 0 Å². The van der Waals surface area contributed by atoms with Crippen LogP contribution in [0.5, 0.6) is 11.5 Å². The molecular weight excluding hydrogens is 818 g/mol. The Bertz CT molecular complexity index is 2320. The van der Waals surface area contributed by atoms with Crippen molar-refractivity contribution >= 4 is 17.6 Å². The zero-order valence-corrected chi connectivity index (χ0v) is 33.4. The van der Waals surface area contributed by atoms with E-state index in [0.717, 1.165) is 57.6 Å². The molecule has 2 atom stereocenters. The molecule has 0 N–H and O–H groups in total. The molecule has 0 aliphatic heterocycles. The van der Waals surface area contributed by atoms with E-state index in [2.05, 4.69) is 60.7 Å². The second kappa shape index (κ2) is 14.9. The number of hydrogen-bond donors (Lipinski definition) is 0. The van der Waals surface area contributed by atoms with Gasteiger partial charge in [-0.1, -0.05) is 0 Å². The molecule has 2 aliphatic rings. The van der Waals surface area contributed by atoms with Gasteiger partial charge in [-0.15, -0.1) is 0 Å². The van der Waals surface area contributed by atoms with E-state index in [-0.39, 0.29) is 11.5 Å². The normalized spacial score (nSPS) is 16.3. The third-order valence-electron chi connectivity index (χ3n) is 11.0. The molecule has 0 spiro atoms. The van der Waals surface area contributed by atoms with E-state index in [9.17, 15) is 26.3 Å². The van der Waals surface area contributed by atoms with Crippen LogP contribution in [0.25, 0.3) is 12.2 Å². The third kappa shape index (κ3) is 7.03. The van der Waals surface area contributed by atoms with E-state index in [1.165, 1.54) is 24.3 Å². The molecule has 2 nitrogen and oxygen atoms in total. The van der Waals surface area contributed by atoms with Crippen LogP contribution in [0.1, 0.15) is 51.8 Å². The predicted octanol–water partition coefficient (Wildman–Crippen LogP) is 12.8. The van der Waals surface area contributed by atoms with E-state index < -0.39 is 54.4 Å². The molecule has 282 valence electrons. The summed E-state index contributed by atoms with van der Waals surface area (Å²) in [7, 11) is 0. The van der Waals surface area contributed by atoms with Crippen LogP contribution in [0.2, 0.25) is 0 Å². The molecule has 0 bridgehead atoms. The second-order valence-corrected chi connectivity index (χ2v) is 37.3. The first-order chi connectivity index (χ1) is 26.9. The van der Waals surface area contributed by atoms with E-state index in [4.69, 9.17) is 5.63 Å². The molecular formula is C46H36F6O2SiZr. The van der Waals surface area contributed by atoms with E-state index >= 15 is 0 Å². The Labute approximate surface area is 323 Å². The van der Waals surface area contributed by atoms with Crippen molar-refractivity contribution in [1.29, 1.82) is 0 Å². The van der Waals surface area contributed by atoms with Gasteiger partial charge in [-0.05, 0) is 0 Å². The molecule has 10 heteroatoms. The maximum atomic E-state index is 14.0. The first kappa shape index (κ1) is 38.0. The van der Waals surface area contributed by atoms with E-state index in [1.54, 1.807) is 0 Å². The van der Waals surface area contributed by atoms with Crippen LogP contribution in [-0.4, -0.2) is 5.43 Å². The summed E-state index contributed by atoms with van der Waals surface area (Å²) in [6, 6.07) is 46.7. The zero-order chi connectivity index (χ0) is 39.0. The summed E-state index contributed by atoms with van der Waals surface area (Å²) in [6.45, 7) is 0. The van der Waals surface area contributed by atoms with Crippen molar-refractivity contribution in [2.24, 2.45) is 0 Å². The van der Waals surface area contributed by atoms with Gasteiger partial charge < -0.3 is 0 Å². The molecule has 6 aromatic carbocycles. The molecule has 0 radical (unpaired) electrons. The van der Waals surface area contributed by atoms with Crippen molar-refractivity contribution in [1.82, 2.24) is 0 Å². The Morgan fingerprint density at radius 1 is 0.446 bits per heavy atom. The Hall–Kier alpha value is -4.92. The molecule has 8 rings (SSSR count). The monoisotopic (exact) mass is 852 g/mol. The van der Waals surface area contributed by atoms with Crippen LogP contribution in [0, 0.1) is 0 Å². The maximum absolute atomic E-state index is 14.0. The second-order valence-electron chi connectivity index (χ2n) is 14.3. The minimum atomic E-state index is -6.29. The summed E-state index contributed by atoms with van der Waals surface area (Å²) < 4.78 is 98.9. The van der Waals surface area contributed by atoms with Crippen LogP contribution in [0.3, 0.4) is 0 Å². The van der Waals surface area contributed by atoms with Gasteiger partial charge in [0.15, 0.2) is 0 Å². The SMILES string of the molecule is FC(F)(F)c1ccc([O][Zr]([O]c2ccc(C(F)(F)F)cc2)([CH]2C=Cc3ccccc32)([CH]2C=Cc3ccccc32)=[Si](Cc2ccccc2)Cc2ccccc2)cc1. The standard InChI is InChI=1S/C14H14Si.2C9H7.2C7H5F3O.Zr/c1-3-7-13(8-4-1)11-15-12-14-9-5-2-6-10-14;2*1-2-5-9-7-3-6-8(9)4-1;2*8-7(9,10)5-1-3-6(11)4-2-5;/h1-10H,11-12H2;2*1-7H;2*1-4,11H;/q;;;;;+2/p-2. The van der Waals surface area contributed by atoms with Gasteiger partial charge >= 0.3 is 325 Å². The zero-order valence-electron chi connectivity index (χ0n) is 30.0. The van der Waals surface area contributed by atoms with Gasteiger partial charge in [-0.25, -0.2) is 0 Å². The van der Waals surface area contributed by atoms with Gasteiger partial charge in [0.25, 0.3) is 0 Å². The fourth-order valence-corrected chi connectivity index (χ4v) is 44.9. The molecule has 0 saturated heterocycles. The summed E-state index contributed by atoms with van der Waals surface area (Å²) >= 11 is -6.29. The molecule has 2 unspecified atom stereocenters. The average molecular weight is 854 g/mol. The van der Waals surface area contributed by atoms with Gasteiger partial charge in [-0.2, -0.15) is 0 Å². The van der Waals surface area contributed by atoms with E-state index in [1.807, 2.05) is 72.8 Å². The Kier molecular flexibility index (Phi) is 10.1. The van der Waals surface area contributed by atoms with Crippen LogP contribution in [0.4, 0.5) is 26.3 Å². The Morgan fingerprint density at radius 2 is 0.804 bits per heavy atom. The van der Waals surface area contributed by atoms with E-state index in [0.29, 0.717) is 12.1 Å². The number of allylic oxidation sites excluding steroid dienone is 2. The van der Waals surface area contributed by atoms with Gasteiger partial charge in [0, 0.05) is 0 Å². The summed E-state index contributed by atoms with van der Waals surface area (Å²) in [4.78, 5) is 0. The summed E-state index contributed by atoms with van der Waals surface area (Å²) in [5, 5.41) is 0. The number of fused-ring (bicyclic) bond motifs is 2. The summed E-state index contributed by atoms with van der Waals surface area (Å²) in [5.41, 5.74) is 2.16. The van der Waals surface area contributed by atoms with Crippen LogP contribution in [0.15, 0.2) is 170 Å². The summed E-state index contributed by atoms with van der Waals surface area (Å²) in [5.74, 6) is 0.435. The van der Waals surface area contributed by atoms with Crippen molar-refractivity contribution < 1.29 is 50.2 Å². The molecule has 56 heavy (non-hydrogen) atoms. The molecule has 0 fully saturated rings. The van der Waals surface area contributed by atoms with Crippen molar-refractivity contribution in [3.05, 3.63) is 214 Å². The van der Waals surface area contributed by atoms with Gasteiger partial charge in [0.2, 0.25) is 0 Å². The van der Waals surface area contributed by atoms with Crippen molar-refractivity contribution in [2.75, 3.05) is 0 Å². The molecule has 0 saturated carbocycles. The molecule has 2 aliphatic carbocycles. The van der Waals surface area contributed by atoms with Crippen molar-refractivity contribution in [3.8, 4) is 11.5 Å². The number of hydrogen-bond acceptors (Lipinski definition) is 2. The van der Waals surface area contributed by atoms with Crippen LogP contribution >= 0.6 is 0 Å². The van der Waals surface area contributed by atoms with Crippen LogP contribution in [-0.2, 0) is 42.7 Å². The Morgan fingerprint density at radius 3 is 1.18 bits per heavy atom. The quantitative estimate of drug-likeness (QED) is 0.101.